The average molecular weight is 242 g/mol. The van der Waals surface area contributed by atoms with Gasteiger partial charge in [0.2, 0.25) is 0 Å². The standard InChI is InChI=1S/C15H18N2O/c1-2-17-15(13-7-6-10-16-11-13)12-18-14-8-4-3-5-9-14/h3-11,15,17H,2,12H2,1H3. The number of nitrogens with one attached hydrogen (secondary N) is 1. The van der Waals surface area contributed by atoms with Crippen molar-refractivity contribution in [2.75, 3.05) is 13.2 Å². The lowest BCUT2D eigenvalue weighted by molar-refractivity contribution is 0.268. The topological polar surface area (TPSA) is 34.1 Å². The first-order chi connectivity index (χ1) is 8.90. The SMILES string of the molecule is CCNC(COc1ccccc1)c1cccnc1. The van der Waals surface area contributed by atoms with Gasteiger partial charge in [0.05, 0.1) is 6.04 Å². The zero-order valence-corrected chi connectivity index (χ0v) is 10.5. The second-order valence-electron chi connectivity index (χ2n) is 4.02. The van der Waals surface area contributed by atoms with E-state index < -0.39 is 0 Å². The third-order valence-electron chi connectivity index (χ3n) is 2.70. The molecule has 2 aromatic rings. The van der Waals surface area contributed by atoms with Crippen LogP contribution in [0.4, 0.5) is 0 Å². The van der Waals surface area contributed by atoms with Crippen molar-refractivity contribution in [2.24, 2.45) is 0 Å². The molecular weight excluding hydrogens is 224 g/mol. The molecule has 1 unspecified atom stereocenters. The van der Waals surface area contributed by atoms with Crippen LogP contribution in [0.5, 0.6) is 5.75 Å². The lowest BCUT2D eigenvalue weighted by Crippen LogP contribution is -2.26. The summed E-state index contributed by atoms with van der Waals surface area (Å²) < 4.78 is 5.78. The molecule has 0 spiro atoms. The largest absolute Gasteiger partial charge is 0.492 e. The van der Waals surface area contributed by atoms with Gasteiger partial charge in [0, 0.05) is 12.4 Å². The summed E-state index contributed by atoms with van der Waals surface area (Å²) >= 11 is 0. The normalized spacial score (nSPS) is 12.1. The number of rotatable bonds is 6. The summed E-state index contributed by atoms with van der Waals surface area (Å²) in [6.45, 7) is 3.59. The summed E-state index contributed by atoms with van der Waals surface area (Å²) in [5.74, 6) is 0.893. The zero-order chi connectivity index (χ0) is 12.6. The van der Waals surface area contributed by atoms with Crippen molar-refractivity contribution in [3.05, 3.63) is 60.4 Å². The van der Waals surface area contributed by atoms with Crippen LogP contribution < -0.4 is 10.1 Å². The van der Waals surface area contributed by atoms with Crippen LogP contribution in [0, 0.1) is 0 Å². The van der Waals surface area contributed by atoms with Crippen LogP contribution >= 0.6 is 0 Å². The smallest absolute Gasteiger partial charge is 0.119 e. The molecule has 0 saturated carbocycles. The molecule has 0 amide bonds. The fraction of sp³-hybridized carbons (Fsp3) is 0.267. The highest BCUT2D eigenvalue weighted by Gasteiger charge is 2.10. The monoisotopic (exact) mass is 242 g/mol. The van der Waals surface area contributed by atoms with Gasteiger partial charge in [0.1, 0.15) is 12.4 Å². The van der Waals surface area contributed by atoms with E-state index in [9.17, 15) is 0 Å². The van der Waals surface area contributed by atoms with E-state index in [4.69, 9.17) is 4.74 Å². The van der Waals surface area contributed by atoms with Crippen LogP contribution in [-0.2, 0) is 0 Å². The van der Waals surface area contributed by atoms with Crippen LogP contribution in [0.1, 0.15) is 18.5 Å². The predicted molar refractivity (Wildman–Crippen MR) is 72.6 cm³/mol. The van der Waals surface area contributed by atoms with Crippen molar-refractivity contribution in [1.82, 2.24) is 10.3 Å². The molecule has 1 N–H and O–H groups in total. The number of benzene rings is 1. The Hall–Kier alpha value is -1.87. The Kier molecular flexibility index (Phi) is 4.73. The molecule has 1 atom stereocenters. The van der Waals surface area contributed by atoms with Gasteiger partial charge in [-0.3, -0.25) is 4.98 Å². The molecule has 1 aromatic carbocycles. The third-order valence-corrected chi connectivity index (χ3v) is 2.70. The number of pyridine rings is 1. The first-order valence-corrected chi connectivity index (χ1v) is 6.21. The molecule has 18 heavy (non-hydrogen) atoms. The summed E-state index contributed by atoms with van der Waals surface area (Å²) in [6, 6.07) is 14.0. The van der Waals surface area contributed by atoms with Crippen LogP contribution in [0.25, 0.3) is 0 Å². The molecule has 3 heteroatoms. The van der Waals surface area contributed by atoms with E-state index in [2.05, 4.69) is 23.3 Å². The van der Waals surface area contributed by atoms with Crippen molar-refractivity contribution >= 4 is 0 Å². The highest BCUT2D eigenvalue weighted by Crippen LogP contribution is 2.15. The van der Waals surface area contributed by atoms with Crippen molar-refractivity contribution < 1.29 is 4.74 Å². The molecule has 0 aliphatic rings. The van der Waals surface area contributed by atoms with Gasteiger partial charge in [-0.1, -0.05) is 31.2 Å². The molecule has 0 fully saturated rings. The summed E-state index contributed by atoms with van der Waals surface area (Å²) in [5.41, 5.74) is 1.15. The van der Waals surface area contributed by atoms with Crippen molar-refractivity contribution in [2.45, 2.75) is 13.0 Å². The van der Waals surface area contributed by atoms with Gasteiger partial charge < -0.3 is 10.1 Å². The van der Waals surface area contributed by atoms with E-state index in [0.717, 1.165) is 17.9 Å². The van der Waals surface area contributed by atoms with Gasteiger partial charge >= 0.3 is 0 Å². The van der Waals surface area contributed by atoms with Crippen molar-refractivity contribution in [3.8, 4) is 5.75 Å². The predicted octanol–water partition coefficient (Wildman–Crippen LogP) is 2.81. The number of aromatic nitrogens is 1. The zero-order valence-electron chi connectivity index (χ0n) is 10.5. The van der Waals surface area contributed by atoms with Gasteiger partial charge in [-0.15, -0.1) is 0 Å². The number of para-hydroxylation sites is 1. The first kappa shape index (κ1) is 12.6. The Bertz CT molecular complexity index is 445. The average Bonchev–Trinajstić information content (AvgIpc) is 2.45. The summed E-state index contributed by atoms with van der Waals surface area (Å²) in [7, 11) is 0. The van der Waals surface area contributed by atoms with Gasteiger partial charge in [-0.2, -0.15) is 0 Å². The highest BCUT2D eigenvalue weighted by atomic mass is 16.5. The van der Waals surface area contributed by atoms with E-state index in [1.54, 1.807) is 6.20 Å². The molecule has 1 aromatic heterocycles. The Morgan fingerprint density at radius 2 is 2.00 bits per heavy atom. The van der Waals surface area contributed by atoms with Crippen LogP contribution in [0.3, 0.4) is 0 Å². The summed E-state index contributed by atoms with van der Waals surface area (Å²) in [5, 5.41) is 3.40. The number of hydrogen-bond acceptors (Lipinski definition) is 3. The molecule has 0 aliphatic heterocycles. The molecule has 0 radical (unpaired) electrons. The maximum Gasteiger partial charge on any atom is 0.119 e. The Morgan fingerprint density at radius 3 is 2.67 bits per heavy atom. The fourth-order valence-electron chi connectivity index (χ4n) is 1.80. The number of hydrogen-bond donors (Lipinski definition) is 1. The van der Waals surface area contributed by atoms with Crippen molar-refractivity contribution in [1.29, 1.82) is 0 Å². The van der Waals surface area contributed by atoms with Gasteiger partial charge in [-0.25, -0.2) is 0 Å². The Labute approximate surface area is 108 Å². The van der Waals surface area contributed by atoms with Crippen LogP contribution in [0.2, 0.25) is 0 Å². The van der Waals surface area contributed by atoms with Gasteiger partial charge in [0.15, 0.2) is 0 Å². The fourth-order valence-corrected chi connectivity index (χ4v) is 1.80. The maximum atomic E-state index is 5.78. The van der Waals surface area contributed by atoms with Crippen molar-refractivity contribution in [3.63, 3.8) is 0 Å². The lowest BCUT2D eigenvalue weighted by Gasteiger charge is -2.18. The second-order valence-corrected chi connectivity index (χ2v) is 4.02. The van der Waals surface area contributed by atoms with Crippen LogP contribution in [-0.4, -0.2) is 18.1 Å². The number of likely N-dealkylation sites (N-methyl/N-ethyl adjacent to an activating group) is 1. The van der Waals surface area contributed by atoms with E-state index in [-0.39, 0.29) is 6.04 Å². The molecule has 3 nitrogen and oxygen atoms in total. The maximum absolute atomic E-state index is 5.78. The van der Waals surface area contributed by atoms with E-state index in [1.807, 2.05) is 42.6 Å². The Morgan fingerprint density at radius 1 is 1.17 bits per heavy atom. The molecule has 94 valence electrons. The van der Waals surface area contributed by atoms with E-state index in [1.165, 1.54) is 0 Å². The van der Waals surface area contributed by atoms with Crippen LogP contribution in [0.15, 0.2) is 54.9 Å². The molecule has 2 rings (SSSR count). The van der Waals surface area contributed by atoms with Gasteiger partial charge in [0.25, 0.3) is 0 Å². The second kappa shape index (κ2) is 6.77. The molecule has 1 heterocycles. The number of ether oxygens (including phenoxy) is 1. The summed E-state index contributed by atoms with van der Waals surface area (Å²) in [4.78, 5) is 4.15. The first-order valence-electron chi connectivity index (χ1n) is 6.21. The third kappa shape index (κ3) is 3.57. The minimum absolute atomic E-state index is 0.170. The van der Waals surface area contributed by atoms with E-state index >= 15 is 0 Å². The molecule has 0 aliphatic carbocycles. The minimum atomic E-state index is 0.170. The lowest BCUT2D eigenvalue weighted by atomic mass is 10.1. The van der Waals surface area contributed by atoms with E-state index in [0.29, 0.717) is 6.61 Å². The molecule has 0 saturated heterocycles. The minimum Gasteiger partial charge on any atom is -0.492 e. The highest BCUT2D eigenvalue weighted by molar-refractivity contribution is 5.21. The molecular formula is C15H18N2O. The quantitative estimate of drug-likeness (QED) is 0.845. The van der Waals surface area contributed by atoms with Gasteiger partial charge in [-0.05, 0) is 30.3 Å². The molecule has 0 bridgehead atoms. The number of nitrogens with zero attached hydrogens (tertiary/aromatic N) is 1. The Balaban J connectivity index is 1.99. The summed E-state index contributed by atoms with van der Waals surface area (Å²) in [6.07, 6.45) is 3.66.